The minimum atomic E-state index is -0.0711. The molecule has 4 aromatic carbocycles. The average molecular weight is 564 g/mol. The van der Waals surface area contributed by atoms with Gasteiger partial charge in [0.05, 0.1) is 5.41 Å². The summed E-state index contributed by atoms with van der Waals surface area (Å²) in [4.78, 5) is 2.35. The van der Waals surface area contributed by atoms with Crippen LogP contribution in [0.4, 0.5) is 11.4 Å². The standard InChI is InChI=1S/C41H43N2/c1-28(15-13-21-36-40(3,4)38-32-19-11-9-17-30(32)23-25-34(38)42(36)7)27-29(2)16-14-22-37-41(5,6)39-33-20-12-10-18-31(33)24-26-35(39)43(37)8/h9-27H,1-8H3/q+1. The van der Waals surface area contributed by atoms with Crippen LogP contribution in [0.2, 0.25) is 0 Å². The van der Waals surface area contributed by atoms with E-state index in [1.165, 1.54) is 66.6 Å². The molecule has 2 aliphatic heterocycles. The fraction of sp³-hybridized carbons (Fsp3) is 0.244. The molecule has 0 spiro atoms. The Morgan fingerprint density at radius 1 is 0.721 bits per heavy atom. The number of allylic oxidation sites excluding steroid dienone is 10. The van der Waals surface area contributed by atoms with Gasteiger partial charge in [-0.2, -0.15) is 4.58 Å². The minimum Gasteiger partial charge on any atom is -0.347 e. The third kappa shape index (κ3) is 4.79. The van der Waals surface area contributed by atoms with Crippen molar-refractivity contribution in [3.8, 4) is 0 Å². The Morgan fingerprint density at radius 2 is 1.35 bits per heavy atom. The first-order valence-electron chi connectivity index (χ1n) is 15.3. The summed E-state index contributed by atoms with van der Waals surface area (Å²) in [5, 5.41) is 5.29. The van der Waals surface area contributed by atoms with Crippen LogP contribution in [0.15, 0.2) is 132 Å². The molecular weight excluding hydrogens is 520 g/mol. The monoisotopic (exact) mass is 563 g/mol. The SMILES string of the molecule is CC(=CC=CC1=[N+](C)c2ccc3ccccc3c2C1(C)C)C=C(C)C=CC=C1N(C)c2ccc3ccccc3c2C1(C)C. The van der Waals surface area contributed by atoms with Crippen molar-refractivity contribution in [3.05, 3.63) is 143 Å². The molecule has 0 unspecified atom stereocenters. The van der Waals surface area contributed by atoms with E-state index in [9.17, 15) is 0 Å². The molecule has 43 heavy (non-hydrogen) atoms. The van der Waals surface area contributed by atoms with Crippen molar-refractivity contribution in [2.24, 2.45) is 0 Å². The topological polar surface area (TPSA) is 6.25 Å². The van der Waals surface area contributed by atoms with Crippen molar-refractivity contribution in [1.29, 1.82) is 0 Å². The second kappa shape index (κ2) is 10.7. The van der Waals surface area contributed by atoms with Gasteiger partial charge in [0.1, 0.15) is 7.05 Å². The number of hydrogen-bond donors (Lipinski definition) is 0. The minimum absolute atomic E-state index is 0.0711. The molecule has 0 fully saturated rings. The lowest BCUT2D eigenvalue weighted by Crippen LogP contribution is -2.26. The third-order valence-electron chi connectivity index (χ3n) is 9.47. The molecule has 2 nitrogen and oxygen atoms in total. The summed E-state index contributed by atoms with van der Waals surface area (Å²) in [5.41, 5.74) is 10.4. The van der Waals surface area contributed by atoms with Crippen molar-refractivity contribution in [2.75, 3.05) is 19.0 Å². The van der Waals surface area contributed by atoms with E-state index >= 15 is 0 Å². The molecule has 0 aliphatic carbocycles. The van der Waals surface area contributed by atoms with Crippen molar-refractivity contribution in [2.45, 2.75) is 52.4 Å². The second-order valence-electron chi connectivity index (χ2n) is 13.2. The first-order valence-corrected chi connectivity index (χ1v) is 15.3. The summed E-state index contributed by atoms with van der Waals surface area (Å²) in [7, 11) is 4.37. The Bertz CT molecular complexity index is 1950. The van der Waals surface area contributed by atoms with Crippen LogP contribution in [0.3, 0.4) is 0 Å². The van der Waals surface area contributed by atoms with Crippen molar-refractivity contribution < 1.29 is 4.58 Å². The van der Waals surface area contributed by atoms with Crippen LogP contribution < -0.4 is 4.90 Å². The van der Waals surface area contributed by atoms with Gasteiger partial charge < -0.3 is 4.90 Å². The molecule has 2 heteroatoms. The van der Waals surface area contributed by atoms with Gasteiger partial charge in [-0.15, -0.1) is 0 Å². The Balaban J connectivity index is 1.20. The first-order chi connectivity index (χ1) is 20.5. The van der Waals surface area contributed by atoms with Gasteiger partial charge in [-0.05, 0) is 73.0 Å². The Hall–Kier alpha value is -4.43. The first kappa shape index (κ1) is 28.7. The number of hydrogen-bond acceptors (Lipinski definition) is 1. The molecular formula is C41H43N2+. The quantitative estimate of drug-likeness (QED) is 0.173. The highest BCUT2D eigenvalue weighted by atomic mass is 15.2. The summed E-state index contributed by atoms with van der Waals surface area (Å²) >= 11 is 0. The Kier molecular flexibility index (Phi) is 7.13. The maximum Gasteiger partial charge on any atom is 0.210 e. The zero-order valence-electron chi connectivity index (χ0n) is 26.9. The van der Waals surface area contributed by atoms with Crippen LogP contribution in [-0.4, -0.2) is 24.4 Å². The van der Waals surface area contributed by atoms with E-state index in [1.807, 2.05) is 0 Å². The van der Waals surface area contributed by atoms with Gasteiger partial charge in [-0.25, -0.2) is 0 Å². The summed E-state index contributed by atoms with van der Waals surface area (Å²) in [5.74, 6) is 0. The molecule has 6 rings (SSSR count). The van der Waals surface area contributed by atoms with Gasteiger partial charge in [-0.3, -0.25) is 0 Å². The molecule has 216 valence electrons. The normalized spacial score (nSPS) is 19.1. The molecule has 0 saturated carbocycles. The number of rotatable bonds is 5. The maximum absolute atomic E-state index is 2.35. The number of nitrogens with zero attached hydrogens (tertiary/aromatic N) is 2. The third-order valence-corrected chi connectivity index (χ3v) is 9.47. The van der Waals surface area contributed by atoms with Crippen LogP contribution in [-0.2, 0) is 10.8 Å². The van der Waals surface area contributed by atoms with Gasteiger partial charge in [0.15, 0.2) is 5.71 Å². The van der Waals surface area contributed by atoms with Gasteiger partial charge in [0.2, 0.25) is 5.69 Å². The molecule has 0 atom stereocenters. The van der Waals surface area contributed by atoms with Crippen LogP contribution in [0.5, 0.6) is 0 Å². The summed E-state index contributed by atoms with van der Waals surface area (Å²) < 4.78 is 2.35. The largest absolute Gasteiger partial charge is 0.347 e. The highest BCUT2D eigenvalue weighted by molar-refractivity contribution is 6.07. The van der Waals surface area contributed by atoms with Crippen molar-refractivity contribution in [3.63, 3.8) is 0 Å². The molecule has 2 aliphatic rings. The van der Waals surface area contributed by atoms with E-state index in [2.05, 4.69) is 180 Å². The molecule has 0 amide bonds. The molecule has 0 N–H and O–H groups in total. The van der Waals surface area contributed by atoms with Gasteiger partial charge in [-0.1, -0.05) is 110 Å². The van der Waals surface area contributed by atoms with E-state index in [0.717, 1.165) is 0 Å². The van der Waals surface area contributed by atoms with E-state index in [-0.39, 0.29) is 10.8 Å². The van der Waals surface area contributed by atoms with E-state index < -0.39 is 0 Å². The average Bonchev–Trinajstić information content (AvgIpc) is 3.30. The Morgan fingerprint density at radius 3 is 2.05 bits per heavy atom. The molecule has 2 heterocycles. The molecule has 0 saturated heterocycles. The van der Waals surface area contributed by atoms with Crippen molar-refractivity contribution in [1.82, 2.24) is 0 Å². The molecule has 0 bridgehead atoms. The highest BCUT2D eigenvalue weighted by Gasteiger charge is 2.44. The summed E-state index contributed by atoms with van der Waals surface area (Å²) in [6.45, 7) is 13.7. The predicted octanol–water partition coefficient (Wildman–Crippen LogP) is 10.3. The van der Waals surface area contributed by atoms with E-state index in [4.69, 9.17) is 0 Å². The lowest BCUT2D eigenvalue weighted by molar-refractivity contribution is -0.401. The number of likely N-dealkylation sites (N-methyl/N-ethyl adjacent to an activating group) is 1. The van der Waals surface area contributed by atoms with Crippen LogP contribution in [0, 0.1) is 0 Å². The van der Waals surface area contributed by atoms with Crippen molar-refractivity contribution >= 4 is 38.6 Å². The fourth-order valence-electron chi connectivity index (χ4n) is 7.42. The van der Waals surface area contributed by atoms with Crippen LogP contribution >= 0.6 is 0 Å². The zero-order valence-corrected chi connectivity index (χ0v) is 26.9. The smallest absolute Gasteiger partial charge is 0.210 e. The number of benzene rings is 4. The molecule has 0 aromatic heterocycles. The van der Waals surface area contributed by atoms with Gasteiger partial charge >= 0.3 is 0 Å². The van der Waals surface area contributed by atoms with Crippen LogP contribution in [0.1, 0.15) is 52.7 Å². The zero-order chi connectivity index (χ0) is 30.5. The predicted molar refractivity (Wildman–Crippen MR) is 187 cm³/mol. The van der Waals surface area contributed by atoms with Crippen LogP contribution in [0.25, 0.3) is 21.5 Å². The summed E-state index contributed by atoms with van der Waals surface area (Å²) in [6, 6.07) is 26.5. The molecule has 4 aromatic rings. The van der Waals surface area contributed by atoms with Gasteiger partial charge in [0.25, 0.3) is 0 Å². The molecule has 0 radical (unpaired) electrons. The van der Waals surface area contributed by atoms with E-state index in [0.29, 0.717) is 0 Å². The van der Waals surface area contributed by atoms with Gasteiger partial charge in [0, 0.05) is 41.6 Å². The highest BCUT2D eigenvalue weighted by Crippen LogP contribution is 2.50. The second-order valence-corrected chi connectivity index (χ2v) is 13.2. The lowest BCUT2D eigenvalue weighted by atomic mass is 9.79. The Labute approximate surface area is 257 Å². The number of anilines is 1. The van der Waals surface area contributed by atoms with E-state index in [1.54, 1.807) is 0 Å². The fourth-order valence-corrected chi connectivity index (χ4v) is 7.42. The number of fused-ring (bicyclic) bond motifs is 6. The lowest BCUT2D eigenvalue weighted by Gasteiger charge is -2.24. The maximum atomic E-state index is 2.35. The summed E-state index contributed by atoms with van der Waals surface area (Å²) in [6.07, 6.45) is 15.6.